The van der Waals surface area contributed by atoms with Crippen LogP contribution in [0, 0.1) is 17.0 Å². The number of pyridine rings is 1. The number of rotatable bonds is 4. The summed E-state index contributed by atoms with van der Waals surface area (Å²) >= 11 is 0.916. The summed E-state index contributed by atoms with van der Waals surface area (Å²) in [6.07, 6.45) is 1.54. The van der Waals surface area contributed by atoms with Gasteiger partial charge >= 0.3 is 11.7 Å². The molecule has 9 heteroatoms. The summed E-state index contributed by atoms with van der Waals surface area (Å²) < 4.78 is 4.55. The molecular formula is C12H10N4O4S. The molecule has 2 aromatic rings. The van der Waals surface area contributed by atoms with E-state index >= 15 is 0 Å². The fourth-order valence-electron chi connectivity index (χ4n) is 1.43. The van der Waals surface area contributed by atoms with Gasteiger partial charge in [0.2, 0.25) is 0 Å². The van der Waals surface area contributed by atoms with Gasteiger partial charge in [0, 0.05) is 18.0 Å². The van der Waals surface area contributed by atoms with E-state index in [0.29, 0.717) is 5.16 Å². The molecule has 0 aliphatic rings. The Balaban J connectivity index is 2.43. The van der Waals surface area contributed by atoms with Crippen molar-refractivity contribution in [3.63, 3.8) is 0 Å². The highest BCUT2D eigenvalue weighted by Gasteiger charge is 2.21. The second kappa shape index (κ2) is 6.27. The number of aryl methyl sites for hydroxylation is 1. The predicted octanol–water partition coefficient (Wildman–Crippen LogP) is 2.03. The molecule has 0 N–H and O–H groups in total. The number of hydrogen-bond acceptors (Lipinski definition) is 8. The maximum absolute atomic E-state index is 11.5. The second-order valence-electron chi connectivity index (χ2n) is 3.85. The van der Waals surface area contributed by atoms with E-state index < -0.39 is 10.9 Å². The van der Waals surface area contributed by atoms with Gasteiger partial charge in [0.1, 0.15) is 5.69 Å². The first kappa shape index (κ1) is 14.9. The summed E-state index contributed by atoms with van der Waals surface area (Å²) in [5, 5.41) is 11.4. The Hall–Kier alpha value is -2.55. The molecule has 0 unspecified atom stereocenters. The van der Waals surface area contributed by atoms with Crippen molar-refractivity contribution in [1.82, 2.24) is 15.0 Å². The van der Waals surface area contributed by atoms with Crippen molar-refractivity contribution < 1.29 is 14.5 Å². The van der Waals surface area contributed by atoms with Gasteiger partial charge in [-0.1, -0.05) is 0 Å². The van der Waals surface area contributed by atoms with Crippen LogP contribution >= 0.6 is 11.8 Å². The van der Waals surface area contributed by atoms with E-state index in [-0.39, 0.29) is 16.4 Å². The maximum Gasteiger partial charge on any atom is 0.356 e. The molecule has 0 aliphatic carbocycles. The van der Waals surface area contributed by atoms with E-state index in [1.165, 1.54) is 19.2 Å². The fourth-order valence-corrected chi connectivity index (χ4v) is 2.29. The van der Waals surface area contributed by atoms with Gasteiger partial charge in [0.25, 0.3) is 0 Å². The molecule has 0 atom stereocenters. The lowest BCUT2D eigenvalue weighted by atomic mass is 10.3. The number of nitro groups is 1. The van der Waals surface area contributed by atoms with Gasteiger partial charge in [-0.3, -0.25) is 10.1 Å². The number of carbonyl (C=O) groups excluding carboxylic acids is 1. The van der Waals surface area contributed by atoms with Gasteiger partial charge in [0.15, 0.2) is 10.2 Å². The third-order valence-corrected chi connectivity index (χ3v) is 3.27. The van der Waals surface area contributed by atoms with E-state index in [4.69, 9.17) is 0 Å². The first-order valence-corrected chi connectivity index (χ1v) is 6.54. The van der Waals surface area contributed by atoms with Crippen molar-refractivity contribution in [2.75, 3.05) is 7.11 Å². The molecule has 0 amide bonds. The Labute approximate surface area is 123 Å². The lowest BCUT2D eigenvalue weighted by molar-refractivity contribution is -0.388. The highest BCUT2D eigenvalue weighted by Crippen LogP contribution is 2.31. The van der Waals surface area contributed by atoms with E-state index in [1.807, 2.05) is 0 Å². The summed E-state index contributed by atoms with van der Waals surface area (Å²) in [4.78, 5) is 34.0. The molecule has 108 valence electrons. The molecule has 2 heterocycles. The van der Waals surface area contributed by atoms with Crippen molar-refractivity contribution >= 4 is 23.4 Å². The van der Waals surface area contributed by atoms with E-state index in [0.717, 1.165) is 17.5 Å². The summed E-state index contributed by atoms with van der Waals surface area (Å²) in [7, 11) is 1.21. The van der Waals surface area contributed by atoms with Crippen LogP contribution in [0.5, 0.6) is 0 Å². The summed E-state index contributed by atoms with van der Waals surface area (Å²) in [6.45, 7) is 1.78. The smallest absolute Gasteiger partial charge is 0.356 e. The highest BCUT2D eigenvalue weighted by molar-refractivity contribution is 7.99. The molecule has 0 saturated heterocycles. The third-order valence-electron chi connectivity index (χ3n) is 2.39. The Bertz CT molecular complexity index is 707. The topological polar surface area (TPSA) is 108 Å². The Morgan fingerprint density at radius 3 is 2.71 bits per heavy atom. The minimum absolute atomic E-state index is 0.0155. The van der Waals surface area contributed by atoms with Crippen LogP contribution in [0.4, 0.5) is 5.69 Å². The van der Waals surface area contributed by atoms with Gasteiger partial charge < -0.3 is 4.74 Å². The van der Waals surface area contributed by atoms with Crippen molar-refractivity contribution in [2.24, 2.45) is 0 Å². The van der Waals surface area contributed by atoms with Crippen molar-refractivity contribution in [3.8, 4) is 0 Å². The van der Waals surface area contributed by atoms with Gasteiger partial charge in [-0.25, -0.2) is 19.7 Å². The normalized spacial score (nSPS) is 10.2. The van der Waals surface area contributed by atoms with Gasteiger partial charge in [-0.15, -0.1) is 0 Å². The van der Waals surface area contributed by atoms with Crippen LogP contribution in [0.2, 0.25) is 0 Å². The lowest BCUT2D eigenvalue weighted by Crippen LogP contribution is -2.06. The number of esters is 1. The third kappa shape index (κ3) is 3.51. The molecule has 0 fully saturated rings. The first-order chi connectivity index (χ1) is 10.0. The number of aromatic nitrogens is 3. The molecule has 0 aliphatic heterocycles. The number of hydrogen-bond donors (Lipinski definition) is 0. The van der Waals surface area contributed by atoms with Crippen LogP contribution in [0.3, 0.4) is 0 Å². The predicted molar refractivity (Wildman–Crippen MR) is 73.1 cm³/mol. The standard InChI is InChI=1S/C12H10N4O4S/c1-7-5-6-13-12(14-7)21-10-9(16(18)19)4-3-8(15-10)11(17)20-2/h3-6H,1-2H3. The van der Waals surface area contributed by atoms with Crippen LogP contribution in [-0.4, -0.2) is 33.0 Å². The zero-order valence-corrected chi connectivity index (χ0v) is 12.0. The summed E-state index contributed by atoms with van der Waals surface area (Å²) in [6, 6.07) is 4.15. The molecular weight excluding hydrogens is 296 g/mol. The van der Waals surface area contributed by atoms with E-state index in [2.05, 4.69) is 19.7 Å². The van der Waals surface area contributed by atoms with Gasteiger partial charge in [-0.05, 0) is 30.8 Å². The Morgan fingerprint density at radius 2 is 2.10 bits per heavy atom. The molecule has 0 aromatic carbocycles. The Kier molecular flexibility index (Phi) is 4.43. The van der Waals surface area contributed by atoms with Crippen LogP contribution in [-0.2, 0) is 4.74 Å². The number of methoxy groups -OCH3 is 1. The highest BCUT2D eigenvalue weighted by atomic mass is 32.2. The molecule has 21 heavy (non-hydrogen) atoms. The molecule has 8 nitrogen and oxygen atoms in total. The first-order valence-electron chi connectivity index (χ1n) is 5.72. The summed E-state index contributed by atoms with van der Waals surface area (Å²) in [5.74, 6) is -0.670. The molecule has 2 rings (SSSR count). The SMILES string of the molecule is COC(=O)c1ccc([N+](=O)[O-])c(Sc2nccc(C)n2)n1. The monoisotopic (exact) mass is 306 g/mol. The molecule has 2 aromatic heterocycles. The average molecular weight is 306 g/mol. The molecule has 0 saturated carbocycles. The number of nitrogens with zero attached hydrogens (tertiary/aromatic N) is 4. The van der Waals surface area contributed by atoms with E-state index in [1.54, 1.807) is 19.2 Å². The van der Waals surface area contributed by atoms with Gasteiger partial charge in [-0.2, -0.15) is 0 Å². The van der Waals surface area contributed by atoms with Crippen molar-refractivity contribution in [2.45, 2.75) is 17.1 Å². The van der Waals surface area contributed by atoms with Crippen LogP contribution < -0.4 is 0 Å². The number of ether oxygens (including phenoxy) is 1. The Morgan fingerprint density at radius 1 is 1.33 bits per heavy atom. The lowest BCUT2D eigenvalue weighted by Gasteiger charge is -2.04. The zero-order chi connectivity index (χ0) is 15.4. The van der Waals surface area contributed by atoms with E-state index in [9.17, 15) is 14.9 Å². The van der Waals surface area contributed by atoms with Crippen LogP contribution in [0.15, 0.2) is 34.6 Å². The number of carbonyl (C=O) groups is 1. The maximum atomic E-state index is 11.5. The summed E-state index contributed by atoms with van der Waals surface area (Å²) in [5.41, 5.74) is 0.482. The van der Waals surface area contributed by atoms with Gasteiger partial charge in [0.05, 0.1) is 12.0 Å². The molecule has 0 spiro atoms. The van der Waals surface area contributed by atoms with Crippen LogP contribution in [0.25, 0.3) is 0 Å². The fraction of sp³-hybridized carbons (Fsp3) is 0.167. The quantitative estimate of drug-likeness (QED) is 0.365. The van der Waals surface area contributed by atoms with Crippen molar-refractivity contribution in [3.05, 3.63) is 45.9 Å². The van der Waals surface area contributed by atoms with Crippen molar-refractivity contribution in [1.29, 1.82) is 0 Å². The largest absolute Gasteiger partial charge is 0.464 e. The minimum atomic E-state index is -0.670. The molecule has 0 bridgehead atoms. The van der Waals surface area contributed by atoms with Crippen LogP contribution in [0.1, 0.15) is 16.2 Å². The minimum Gasteiger partial charge on any atom is -0.464 e. The molecule has 0 radical (unpaired) electrons. The zero-order valence-electron chi connectivity index (χ0n) is 11.1. The second-order valence-corrected chi connectivity index (χ2v) is 4.81. The average Bonchev–Trinajstić information content (AvgIpc) is 2.46.